The number of amides is 1. The summed E-state index contributed by atoms with van der Waals surface area (Å²) in [4.78, 5) is 16.8. The molecule has 2 aliphatic rings. The maximum Gasteiger partial charge on any atom is 0.239 e. The van der Waals surface area contributed by atoms with Crippen LogP contribution in [0.15, 0.2) is 53.3 Å². The van der Waals surface area contributed by atoms with Gasteiger partial charge in [0.25, 0.3) is 0 Å². The van der Waals surface area contributed by atoms with Gasteiger partial charge in [-0.2, -0.15) is 0 Å². The van der Waals surface area contributed by atoms with Crippen LogP contribution in [0.1, 0.15) is 36.6 Å². The number of carbonyl (C=O) groups excluding carboxylic acids is 1. The molecule has 5 unspecified atom stereocenters. The maximum absolute atomic E-state index is 12.7. The molecule has 0 saturated carbocycles. The number of halogens is 1. The first kappa shape index (κ1) is 18.5. The van der Waals surface area contributed by atoms with Crippen molar-refractivity contribution < 1.29 is 4.79 Å². The molecule has 5 atom stereocenters. The molecule has 27 heavy (non-hydrogen) atoms. The second kappa shape index (κ2) is 8.04. The lowest BCUT2D eigenvalue weighted by Gasteiger charge is -2.21. The van der Waals surface area contributed by atoms with Gasteiger partial charge in [-0.05, 0) is 41.8 Å². The normalized spacial score (nSPS) is 30.4. The van der Waals surface area contributed by atoms with E-state index in [0.29, 0.717) is 6.42 Å². The van der Waals surface area contributed by atoms with Crippen LogP contribution in [0.4, 0.5) is 0 Å². The molecule has 0 aliphatic carbocycles. The number of pyridine rings is 1. The van der Waals surface area contributed by atoms with Crippen LogP contribution in [-0.4, -0.2) is 23.1 Å². The van der Waals surface area contributed by atoms with E-state index in [2.05, 4.69) is 67.0 Å². The Morgan fingerprint density at radius 3 is 2.52 bits per heavy atom. The van der Waals surface area contributed by atoms with Crippen molar-refractivity contribution in [2.75, 3.05) is 0 Å². The van der Waals surface area contributed by atoms with Crippen molar-refractivity contribution in [3.63, 3.8) is 0 Å². The Bertz CT molecular complexity index is 787. The zero-order valence-electron chi connectivity index (χ0n) is 14.9. The van der Waals surface area contributed by atoms with E-state index in [-0.39, 0.29) is 36.1 Å². The second-order valence-corrected chi connectivity index (χ2v) is 7.99. The van der Waals surface area contributed by atoms with Gasteiger partial charge < -0.3 is 5.32 Å². The van der Waals surface area contributed by atoms with Gasteiger partial charge in [-0.3, -0.25) is 9.78 Å². The lowest BCUT2D eigenvalue weighted by Crippen LogP contribution is -2.52. The summed E-state index contributed by atoms with van der Waals surface area (Å²) in [7, 11) is 0. The van der Waals surface area contributed by atoms with Gasteiger partial charge in [0.1, 0.15) is 6.04 Å². The van der Waals surface area contributed by atoms with Crippen LogP contribution in [0.3, 0.4) is 0 Å². The van der Waals surface area contributed by atoms with Gasteiger partial charge in [-0.1, -0.05) is 35.0 Å². The molecule has 2 fully saturated rings. The fourth-order valence-corrected chi connectivity index (χ4v) is 3.92. The smallest absolute Gasteiger partial charge is 0.239 e. The summed E-state index contributed by atoms with van der Waals surface area (Å²) in [5.74, 6) is 0.191. The number of hydrogen-bond donors (Lipinski definition) is 5. The summed E-state index contributed by atoms with van der Waals surface area (Å²) in [5, 5.41) is 3.11. The number of aromatic nitrogens is 1. The van der Waals surface area contributed by atoms with Crippen molar-refractivity contribution in [3.8, 4) is 0 Å². The number of hydrazine groups is 2. The molecule has 1 aromatic carbocycles. The third kappa shape index (κ3) is 4.04. The number of rotatable bonds is 4. The van der Waals surface area contributed by atoms with Gasteiger partial charge in [-0.15, -0.1) is 0 Å². The third-order valence-electron chi connectivity index (χ3n) is 5.30. The molecule has 7 nitrogen and oxygen atoms in total. The van der Waals surface area contributed by atoms with Crippen LogP contribution >= 0.6 is 15.9 Å². The molecule has 8 heteroatoms. The monoisotopic (exact) mass is 430 g/mol. The Morgan fingerprint density at radius 1 is 1.04 bits per heavy atom. The van der Waals surface area contributed by atoms with Gasteiger partial charge in [0.05, 0.1) is 12.2 Å². The van der Waals surface area contributed by atoms with E-state index in [1.165, 1.54) is 0 Å². The van der Waals surface area contributed by atoms with Gasteiger partial charge >= 0.3 is 0 Å². The first-order chi connectivity index (χ1) is 13.1. The summed E-state index contributed by atoms with van der Waals surface area (Å²) < 4.78 is 1.05. The molecule has 1 amide bonds. The average Bonchev–Trinajstić information content (AvgIpc) is 3.31. The quantitative estimate of drug-likeness (QED) is 0.506. The third-order valence-corrected chi connectivity index (χ3v) is 5.83. The van der Waals surface area contributed by atoms with E-state index in [1.54, 1.807) is 12.4 Å². The molecule has 2 aliphatic heterocycles. The molecule has 0 radical (unpaired) electrons. The Balaban J connectivity index is 1.34. The van der Waals surface area contributed by atoms with Gasteiger partial charge in [0.2, 0.25) is 5.91 Å². The molecule has 0 spiro atoms. The topological polar surface area (TPSA) is 90.1 Å². The molecule has 2 aromatic rings. The number of benzene rings is 1. The summed E-state index contributed by atoms with van der Waals surface area (Å²) in [6.45, 7) is 2.12. The largest absolute Gasteiger partial charge is 0.338 e. The van der Waals surface area contributed by atoms with Crippen molar-refractivity contribution in [2.24, 2.45) is 5.92 Å². The SMILES string of the molecule is CC1C(NC(=O)C2CC(c3ccc(Br)cc3)NN2)NNC1c1ccncc1. The lowest BCUT2D eigenvalue weighted by atomic mass is 9.95. The molecule has 0 bridgehead atoms. The minimum Gasteiger partial charge on any atom is -0.338 e. The number of nitrogens with zero attached hydrogens (tertiary/aromatic N) is 1. The Labute approximate surface area is 166 Å². The summed E-state index contributed by atoms with van der Waals surface area (Å²) in [6.07, 6.45) is 4.14. The zero-order valence-corrected chi connectivity index (χ0v) is 16.5. The van der Waals surface area contributed by atoms with Crippen LogP contribution in [0.25, 0.3) is 0 Å². The first-order valence-corrected chi connectivity index (χ1v) is 9.89. The van der Waals surface area contributed by atoms with E-state index < -0.39 is 0 Å². The standard InChI is InChI=1S/C19H23BrN6O/c1-11-17(13-6-8-21-9-7-13)25-26-18(11)22-19(27)16-10-15(23-24-16)12-2-4-14(20)5-3-12/h2-9,11,15-18,23-26H,10H2,1H3,(H,22,27). The molecular formula is C19H23BrN6O. The van der Waals surface area contributed by atoms with E-state index >= 15 is 0 Å². The predicted molar refractivity (Wildman–Crippen MR) is 106 cm³/mol. The first-order valence-electron chi connectivity index (χ1n) is 9.09. The lowest BCUT2D eigenvalue weighted by molar-refractivity contribution is -0.124. The fourth-order valence-electron chi connectivity index (χ4n) is 3.66. The van der Waals surface area contributed by atoms with Crippen LogP contribution in [-0.2, 0) is 4.79 Å². The van der Waals surface area contributed by atoms with Gasteiger partial charge in [0, 0.05) is 28.8 Å². The number of carbonyl (C=O) groups is 1. The fraction of sp³-hybridized carbons (Fsp3) is 0.368. The van der Waals surface area contributed by atoms with Gasteiger partial charge in [-0.25, -0.2) is 21.7 Å². The van der Waals surface area contributed by atoms with Crippen LogP contribution in [0.2, 0.25) is 0 Å². The van der Waals surface area contributed by atoms with Gasteiger partial charge in [0.15, 0.2) is 0 Å². The van der Waals surface area contributed by atoms with Crippen LogP contribution in [0, 0.1) is 5.92 Å². The minimum absolute atomic E-state index is 0.0105. The van der Waals surface area contributed by atoms with Crippen LogP contribution in [0.5, 0.6) is 0 Å². The average molecular weight is 431 g/mol. The highest BCUT2D eigenvalue weighted by Crippen LogP contribution is 2.28. The Hall–Kier alpha value is -1.84. The number of hydrogen-bond acceptors (Lipinski definition) is 6. The molecule has 5 N–H and O–H groups in total. The molecule has 2 saturated heterocycles. The minimum atomic E-state index is -0.271. The van der Waals surface area contributed by atoms with E-state index in [0.717, 1.165) is 15.6 Å². The molecular weight excluding hydrogens is 408 g/mol. The van der Waals surface area contributed by atoms with Crippen molar-refractivity contribution in [3.05, 3.63) is 64.4 Å². The summed E-state index contributed by atoms with van der Waals surface area (Å²) in [6, 6.07) is 12.1. The predicted octanol–water partition coefficient (Wildman–Crippen LogP) is 1.68. The highest BCUT2D eigenvalue weighted by molar-refractivity contribution is 9.10. The number of nitrogens with one attached hydrogen (secondary N) is 5. The van der Waals surface area contributed by atoms with E-state index in [9.17, 15) is 4.79 Å². The molecule has 3 heterocycles. The van der Waals surface area contributed by atoms with Crippen molar-refractivity contribution >= 4 is 21.8 Å². The Morgan fingerprint density at radius 2 is 1.78 bits per heavy atom. The highest BCUT2D eigenvalue weighted by atomic mass is 79.9. The summed E-state index contributed by atoms with van der Waals surface area (Å²) >= 11 is 3.45. The maximum atomic E-state index is 12.7. The van der Waals surface area contributed by atoms with Crippen molar-refractivity contribution in [2.45, 2.75) is 37.6 Å². The highest BCUT2D eigenvalue weighted by Gasteiger charge is 2.37. The van der Waals surface area contributed by atoms with Crippen molar-refractivity contribution in [1.82, 2.24) is 32.0 Å². The molecule has 1 aromatic heterocycles. The summed E-state index contributed by atoms with van der Waals surface area (Å²) in [5.41, 5.74) is 15.1. The second-order valence-electron chi connectivity index (χ2n) is 7.07. The van der Waals surface area contributed by atoms with Crippen molar-refractivity contribution in [1.29, 1.82) is 0 Å². The molecule has 4 rings (SSSR count). The van der Waals surface area contributed by atoms with E-state index in [4.69, 9.17) is 0 Å². The zero-order chi connectivity index (χ0) is 18.8. The Kier molecular flexibility index (Phi) is 5.51. The van der Waals surface area contributed by atoms with Crippen LogP contribution < -0.4 is 27.0 Å². The van der Waals surface area contributed by atoms with E-state index in [1.807, 2.05) is 24.3 Å². The molecule has 142 valence electrons.